The molecule has 1 aromatic carbocycles. The topological polar surface area (TPSA) is 49.3 Å². The number of carbonyl (C=O) groups excluding carboxylic acids is 1. The Balaban J connectivity index is 2.61. The van der Waals surface area contributed by atoms with Crippen LogP contribution in [0.4, 0.5) is 0 Å². The molecule has 4 heteroatoms. The number of benzene rings is 1. The lowest BCUT2D eigenvalue weighted by Crippen LogP contribution is -2.34. The van der Waals surface area contributed by atoms with Gasteiger partial charge in [-0.3, -0.25) is 4.79 Å². The van der Waals surface area contributed by atoms with E-state index in [2.05, 4.69) is 5.32 Å². The van der Waals surface area contributed by atoms with E-state index in [0.29, 0.717) is 10.6 Å². The third kappa shape index (κ3) is 4.02. The lowest BCUT2D eigenvalue weighted by atomic mass is 10.1. The molecule has 1 aromatic rings. The van der Waals surface area contributed by atoms with Gasteiger partial charge >= 0.3 is 0 Å². The van der Waals surface area contributed by atoms with Crippen molar-refractivity contribution >= 4 is 17.5 Å². The largest absolute Gasteiger partial charge is 0.391 e. The number of halogens is 1. The van der Waals surface area contributed by atoms with Crippen LogP contribution < -0.4 is 5.32 Å². The molecule has 1 amide bonds. The molecule has 0 bridgehead atoms. The second kappa shape index (κ2) is 6.03. The van der Waals surface area contributed by atoms with Gasteiger partial charge < -0.3 is 10.4 Å². The molecule has 17 heavy (non-hydrogen) atoms. The highest BCUT2D eigenvalue weighted by Crippen LogP contribution is 2.16. The van der Waals surface area contributed by atoms with E-state index in [1.54, 1.807) is 18.2 Å². The Labute approximate surface area is 107 Å². The molecule has 2 N–H and O–H groups in total. The Kier molecular flexibility index (Phi) is 4.97. The summed E-state index contributed by atoms with van der Waals surface area (Å²) in [5.41, 5.74) is 1.45. The third-order valence-electron chi connectivity index (χ3n) is 2.68. The van der Waals surface area contributed by atoms with Gasteiger partial charge in [0.05, 0.1) is 6.10 Å². The van der Waals surface area contributed by atoms with Crippen molar-refractivity contribution in [2.24, 2.45) is 5.92 Å². The van der Waals surface area contributed by atoms with Gasteiger partial charge in [0, 0.05) is 17.1 Å². The molecule has 0 spiro atoms. The van der Waals surface area contributed by atoms with Crippen LogP contribution in [0.15, 0.2) is 18.2 Å². The van der Waals surface area contributed by atoms with Crippen molar-refractivity contribution in [3.8, 4) is 0 Å². The molecule has 0 fully saturated rings. The van der Waals surface area contributed by atoms with E-state index in [1.165, 1.54) is 0 Å². The first-order valence-corrected chi connectivity index (χ1v) is 6.02. The number of hydrogen-bond acceptors (Lipinski definition) is 2. The average Bonchev–Trinajstić information content (AvgIpc) is 2.28. The maximum atomic E-state index is 11.8. The van der Waals surface area contributed by atoms with Gasteiger partial charge in [-0.15, -0.1) is 0 Å². The van der Waals surface area contributed by atoms with Gasteiger partial charge in [-0.05, 0) is 30.5 Å². The number of rotatable bonds is 4. The second-order valence-corrected chi connectivity index (χ2v) is 4.89. The van der Waals surface area contributed by atoms with Crippen molar-refractivity contribution in [2.45, 2.75) is 26.9 Å². The Hall–Kier alpha value is -1.06. The van der Waals surface area contributed by atoms with Crippen molar-refractivity contribution in [3.63, 3.8) is 0 Å². The minimum absolute atomic E-state index is 0.122. The molecule has 1 unspecified atom stereocenters. The highest BCUT2D eigenvalue weighted by atomic mass is 35.5. The molecule has 1 rings (SSSR count). The van der Waals surface area contributed by atoms with Crippen LogP contribution in [0.3, 0.4) is 0 Å². The Morgan fingerprint density at radius 2 is 2.12 bits per heavy atom. The number of hydrogen-bond donors (Lipinski definition) is 2. The fraction of sp³-hybridized carbons (Fsp3) is 0.462. The van der Waals surface area contributed by atoms with Crippen molar-refractivity contribution in [1.29, 1.82) is 0 Å². The molecule has 0 aliphatic carbocycles. The van der Waals surface area contributed by atoms with Gasteiger partial charge in [-0.25, -0.2) is 0 Å². The molecule has 0 aliphatic heterocycles. The minimum Gasteiger partial charge on any atom is -0.391 e. The fourth-order valence-corrected chi connectivity index (χ4v) is 1.45. The van der Waals surface area contributed by atoms with Crippen molar-refractivity contribution in [2.75, 3.05) is 6.54 Å². The summed E-state index contributed by atoms with van der Waals surface area (Å²) < 4.78 is 0. The number of nitrogens with one attached hydrogen (secondary N) is 1. The first kappa shape index (κ1) is 14.0. The highest BCUT2D eigenvalue weighted by molar-refractivity contribution is 6.31. The van der Waals surface area contributed by atoms with Gasteiger partial charge in [0.25, 0.3) is 5.91 Å². The zero-order valence-corrected chi connectivity index (χ0v) is 11.1. The highest BCUT2D eigenvalue weighted by Gasteiger charge is 2.12. The van der Waals surface area contributed by atoms with E-state index < -0.39 is 6.10 Å². The van der Waals surface area contributed by atoms with Crippen LogP contribution in [0.2, 0.25) is 5.02 Å². The Morgan fingerprint density at radius 3 is 2.65 bits per heavy atom. The van der Waals surface area contributed by atoms with Gasteiger partial charge in [0.1, 0.15) is 0 Å². The molecule has 94 valence electrons. The van der Waals surface area contributed by atoms with E-state index in [-0.39, 0.29) is 18.4 Å². The molecule has 0 aliphatic rings. The van der Waals surface area contributed by atoms with Crippen LogP contribution in [-0.2, 0) is 0 Å². The van der Waals surface area contributed by atoms with Gasteiger partial charge in [-0.2, -0.15) is 0 Å². The first-order valence-electron chi connectivity index (χ1n) is 5.64. The number of amides is 1. The lowest BCUT2D eigenvalue weighted by molar-refractivity contribution is 0.0871. The second-order valence-electron chi connectivity index (χ2n) is 4.49. The molecular weight excluding hydrogens is 238 g/mol. The summed E-state index contributed by atoms with van der Waals surface area (Å²) >= 11 is 5.94. The zero-order valence-electron chi connectivity index (χ0n) is 10.3. The molecule has 0 saturated carbocycles. The van der Waals surface area contributed by atoms with Gasteiger partial charge in [-0.1, -0.05) is 31.5 Å². The summed E-state index contributed by atoms with van der Waals surface area (Å²) in [6.07, 6.45) is -0.528. The van der Waals surface area contributed by atoms with Gasteiger partial charge in [0.2, 0.25) is 0 Å². The van der Waals surface area contributed by atoms with Crippen molar-refractivity contribution in [3.05, 3.63) is 34.3 Å². The van der Waals surface area contributed by atoms with Gasteiger partial charge in [0.15, 0.2) is 0 Å². The molecule has 3 nitrogen and oxygen atoms in total. The normalized spacial score (nSPS) is 12.6. The van der Waals surface area contributed by atoms with Crippen LogP contribution in [0.1, 0.15) is 29.8 Å². The van der Waals surface area contributed by atoms with E-state index in [9.17, 15) is 9.90 Å². The van der Waals surface area contributed by atoms with E-state index in [4.69, 9.17) is 11.6 Å². The third-order valence-corrected chi connectivity index (χ3v) is 3.08. The fourth-order valence-electron chi connectivity index (χ4n) is 1.27. The summed E-state index contributed by atoms with van der Waals surface area (Å²) in [5, 5.41) is 12.8. The zero-order chi connectivity index (χ0) is 13.0. The van der Waals surface area contributed by atoms with E-state index in [1.807, 2.05) is 20.8 Å². The number of aliphatic hydroxyl groups excluding tert-OH is 1. The first-order chi connectivity index (χ1) is 7.91. The average molecular weight is 256 g/mol. The molecule has 1 atom stereocenters. The molecule has 0 saturated heterocycles. The molecular formula is C13H18ClNO2. The van der Waals surface area contributed by atoms with Crippen LogP contribution in [-0.4, -0.2) is 23.7 Å². The molecule has 0 heterocycles. The summed E-state index contributed by atoms with van der Waals surface area (Å²) in [4.78, 5) is 11.8. The van der Waals surface area contributed by atoms with Crippen LogP contribution >= 0.6 is 11.6 Å². The number of aliphatic hydroxyl groups is 1. The Bertz CT molecular complexity index is 404. The predicted octanol–water partition coefficient (Wildman–Crippen LogP) is 2.40. The SMILES string of the molecule is Cc1ccc(C(=O)NCC(O)C(C)C)cc1Cl. The van der Waals surface area contributed by atoms with Crippen LogP contribution in [0.5, 0.6) is 0 Å². The summed E-state index contributed by atoms with van der Waals surface area (Å²) in [7, 11) is 0. The predicted molar refractivity (Wildman–Crippen MR) is 69.4 cm³/mol. The smallest absolute Gasteiger partial charge is 0.251 e. The summed E-state index contributed by atoms with van der Waals surface area (Å²) in [6, 6.07) is 5.16. The maximum Gasteiger partial charge on any atom is 0.251 e. The quantitative estimate of drug-likeness (QED) is 0.868. The van der Waals surface area contributed by atoms with Crippen LogP contribution in [0, 0.1) is 12.8 Å². The molecule has 0 aromatic heterocycles. The Morgan fingerprint density at radius 1 is 1.47 bits per heavy atom. The molecule has 0 radical (unpaired) electrons. The summed E-state index contributed by atoms with van der Waals surface area (Å²) in [5.74, 6) is -0.0940. The van der Waals surface area contributed by atoms with E-state index >= 15 is 0 Å². The standard InChI is InChI=1S/C13H18ClNO2/c1-8(2)12(16)7-15-13(17)10-5-4-9(3)11(14)6-10/h4-6,8,12,16H,7H2,1-3H3,(H,15,17). The van der Waals surface area contributed by atoms with Crippen LogP contribution in [0.25, 0.3) is 0 Å². The number of carbonyl (C=O) groups is 1. The van der Waals surface area contributed by atoms with Crippen molar-refractivity contribution < 1.29 is 9.90 Å². The number of aryl methyl sites for hydroxylation is 1. The minimum atomic E-state index is -0.528. The lowest BCUT2D eigenvalue weighted by Gasteiger charge is -2.15. The maximum absolute atomic E-state index is 11.8. The monoisotopic (exact) mass is 255 g/mol. The van der Waals surface area contributed by atoms with Crippen molar-refractivity contribution in [1.82, 2.24) is 5.32 Å². The van der Waals surface area contributed by atoms with E-state index in [0.717, 1.165) is 5.56 Å². The summed E-state index contributed by atoms with van der Waals surface area (Å²) in [6.45, 7) is 5.94.